The van der Waals surface area contributed by atoms with Crippen LogP contribution in [0.1, 0.15) is 26.3 Å². The van der Waals surface area contributed by atoms with E-state index in [1.807, 2.05) is 24.3 Å². The van der Waals surface area contributed by atoms with Crippen LogP contribution < -0.4 is 0 Å². The monoisotopic (exact) mass is 253 g/mol. The van der Waals surface area contributed by atoms with Crippen molar-refractivity contribution in [2.75, 3.05) is 13.1 Å². The molecule has 1 aromatic rings. The first kappa shape index (κ1) is 14.2. The average Bonchev–Trinajstić information content (AvgIpc) is 2.31. The van der Waals surface area contributed by atoms with E-state index < -0.39 is 0 Å². The SMILES string of the molecule is CCN(CC)C(Cc1ccc(Cl)cc1)C(C)=O. The lowest BCUT2D eigenvalue weighted by Crippen LogP contribution is -2.41. The molecule has 94 valence electrons. The first-order valence-corrected chi connectivity index (χ1v) is 6.45. The Balaban J connectivity index is 2.79. The van der Waals surface area contributed by atoms with Crippen LogP contribution in [-0.4, -0.2) is 29.8 Å². The minimum absolute atomic E-state index is 0.0221. The van der Waals surface area contributed by atoms with Gasteiger partial charge in [-0.05, 0) is 44.1 Å². The molecule has 1 aromatic carbocycles. The number of Topliss-reactive ketones (excluding diaryl/α,β-unsaturated/α-hetero) is 1. The van der Waals surface area contributed by atoms with Gasteiger partial charge in [0.1, 0.15) is 5.78 Å². The van der Waals surface area contributed by atoms with Gasteiger partial charge in [-0.25, -0.2) is 0 Å². The van der Waals surface area contributed by atoms with Gasteiger partial charge in [0.05, 0.1) is 6.04 Å². The van der Waals surface area contributed by atoms with E-state index in [4.69, 9.17) is 11.6 Å². The standard InChI is InChI=1S/C14H20ClNO/c1-4-16(5-2)14(11(3)17)10-12-6-8-13(15)9-7-12/h6-9,14H,4-5,10H2,1-3H3. The number of benzene rings is 1. The maximum atomic E-state index is 11.7. The van der Waals surface area contributed by atoms with Crippen molar-refractivity contribution in [3.05, 3.63) is 34.9 Å². The van der Waals surface area contributed by atoms with E-state index in [0.717, 1.165) is 30.1 Å². The normalized spacial score (nSPS) is 12.8. The molecule has 0 aromatic heterocycles. The van der Waals surface area contributed by atoms with Gasteiger partial charge in [0.25, 0.3) is 0 Å². The van der Waals surface area contributed by atoms with Gasteiger partial charge in [0.15, 0.2) is 0 Å². The molecule has 1 unspecified atom stereocenters. The zero-order chi connectivity index (χ0) is 12.8. The summed E-state index contributed by atoms with van der Waals surface area (Å²) in [5.74, 6) is 0.226. The molecule has 0 aliphatic rings. The summed E-state index contributed by atoms with van der Waals surface area (Å²) in [6, 6.07) is 7.70. The summed E-state index contributed by atoms with van der Waals surface area (Å²) in [6.45, 7) is 7.63. The van der Waals surface area contributed by atoms with Gasteiger partial charge in [-0.1, -0.05) is 37.6 Å². The van der Waals surface area contributed by atoms with Crippen molar-refractivity contribution in [1.82, 2.24) is 4.90 Å². The second-order valence-corrected chi connectivity index (χ2v) is 4.61. The quantitative estimate of drug-likeness (QED) is 0.776. The molecule has 17 heavy (non-hydrogen) atoms. The van der Waals surface area contributed by atoms with Crippen LogP contribution in [0.2, 0.25) is 5.02 Å². The first-order chi connectivity index (χ1) is 8.08. The van der Waals surface area contributed by atoms with Crippen molar-refractivity contribution in [1.29, 1.82) is 0 Å². The van der Waals surface area contributed by atoms with Gasteiger partial charge in [-0.15, -0.1) is 0 Å². The van der Waals surface area contributed by atoms with Gasteiger partial charge in [-0.3, -0.25) is 9.69 Å². The van der Waals surface area contributed by atoms with Gasteiger partial charge in [-0.2, -0.15) is 0 Å². The predicted molar refractivity (Wildman–Crippen MR) is 72.5 cm³/mol. The van der Waals surface area contributed by atoms with Crippen LogP contribution in [0.15, 0.2) is 24.3 Å². The zero-order valence-electron chi connectivity index (χ0n) is 10.7. The van der Waals surface area contributed by atoms with E-state index >= 15 is 0 Å². The molecule has 0 fully saturated rings. The van der Waals surface area contributed by atoms with Crippen LogP contribution in [0.5, 0.6) is 0 Å². The molecule has 1 atom stereocenters. The number of halogens is 1. The Hall–Kier alpha value is -0.860. The molecule has 1 rings (SSSR count). The lowest BCUT2D eigenvalue weighted by molar-refractivity contribution is -0.122. The fourth-order valence-electron chi connectivity index (χ4n) is 2.04. The zero-order valence-corrected chi connectivity index (χ0v) is 11.5. The largest absolute Gasteiger partial charge is 0.298 e. The Morgan fingerprint density at radius 2 is 1.76 bits per heavy atom. The summed E-state index contributed by atoms with van der Waals surface area (Å²) in [5.41, 5.74) is 1.15. The Morgan fingerprint density at radius 1 is 1.24 bits per heavy atom. The minimum Gasteiger partial charge on any atom is -0.298 e. The van der Waals surface area contributed by atoms with Crippen molar-refractivity contribution in [3.8, 4) is 0 Å². The number of hydrogen-bond acceptors (Lipinski definition) is 2. The molecule has 0 saturated heterocycles. The molecule has 0 heterocycles. The van der Waals surface area contributed by atoms with Gasteiger partial charge >= 0.3 is 0 Å². The van der Waals surface area contributed by atoms with Gasteiger partial charge in [0.2, 0.25) is 0 Å². The van der Waals surface area contributed by atoms with Crippen molar-refractivity contribution < 1.29 is 4.79 Å². The summed E-state index contributed by atoms with van der Waals surface area (Å²) < 4.78 is 0. The lowest BCUT2D eigenvalue weighted by atomic mass is 10.0. The van der Waals surface area contributed by atoms with Crippen LogP contribution in [0.3, 0.4) is 0 Å². The van der Waals surface area contributed by atoms with Crippen LogP contribution in [0.4, 0.5) is 0 Å². The van der Waals surface area contributed by atoms with E-state index in [1.165, 1.54) is 0 Å². The fraction of sp³-hybridized carbons (Fsp3) is 0.500. The molecule has 0 spiro atoms. The Bertz CT molecular complexity index is 357. The van der Waals surface area contributed by atoms with E-state index in [1.54, 1.807) is 6.92 Å². The van der Waals surface area contributed by atoms with Crippen molar-refractivity contribution in [3.63, 3.8) is 0 Å². The third-order valence-electron chi connectivity index (χ3n) is 3.06. The summed E-state index contributed by atoms with van der Waals surface area (Å²) in [7, 11) is 0. The molecule has 3 heteroatoms. The average molecular weight is 254 g/mol. The first-order valence-electron chi connectivity index (χ1n) is 6.07. The molecule has 0 radical (unpaired) electrons. The van der Waals surface area contributed by atoms with Crippen LogP contribution >= 0.6 is 11.6 Å². The minimum atomic E-state index is -0.0221. The van der Waals surface area contributed by atoms with E-state index in [-0.39, 0.29) is 11.8 Å². The highest BCUT2D eigenvalue weighted by Crippen LogP contribution is 2.14. The topological polar surface area (TPSA) is 20.3 Å². The number of hydrogen-bond donors (Lipinski definition) is 0. The molecule has 0 saturated carbocycles. The summed E-state index contributed by atoms with van der Waals surface area (Å²) >= 11 is 5.85. The number of carbonyl (C=O) groups is 1. The summed E-state index contributed by atoms with van der Waals surface area (Å²) in [6.07, 6.45) is 0.758. The number of ketones is 1. The second kappa shape index (κ2) is 6.77. The Morgan fingerprint density at radius 3 is 2.18 bits per heavy atom. The fourth-order valence-corrected chi connectivity index (χ4v) is 2.16. The van der Waals surface area contributed by atoms with Crippen molar-refractivity contribution >= 4 is 17.4 Å². The van der Waals surface area contributed by atoms with Crippen molar-refractivity contribution in [2.24, 2.45) is 0 Å². The lowest BCUT2D eigenvalue weighted by Gasteiger charge is -2.27. The second-order valence-electron chi connectivity index (χ2n) is 4.18. The number of likely N-dealkylation sites (N-methyl/N-ethyl adjacent to an activating group) is 1. The van der Waals surface area contributed by atoms with E-state index in [9.17, 15) is 4.79 Å². The highest BCUT2D eigenvalue weighted by molar-refractivity contribution is 6.30. The summed E-state index contributed by atoms with van der Waals surface area (Å²) in [5, 5.41) is 0.732. The maximum Gasteiger partial charge on any atom is 0.147 e. The van der Waals surface area contributed by atoms with Crippen LogP contribution in [0.25, 0.3) is 0 Å². The van der Waals surface area contributed by atoms with Crippen LogP contribution in [-0.2, 0) is 11.2 Å². The Kier molecular flexibility index (Phi) is 5.66. The predicted octanol–water partition coefficient (Wildman–Crippen LogP) is 3.18. The molecule has 0 aliphatic heterocycles. The highest BCUT2D eigenvalue weighted by atomic mass is 35.5. The number of nitrogens with zero attached hydrogens (tertiary/aromatic N) is 1. The molecular formula is C14H20ClNO. The molecule has 0 bridgehead atoms. The molecule has 2 nitrogen and oxygen atoms in total. The van der Waals surface area contributed by atoms with Crippen LogP contribution in [0, 0.1) is 0 Å². The van der Waals surface area contributed by atoms with E-state index in [2.05, 4.69) is 18.7 Å². The maximum absolute atomic E-state index is 11.7. The number of rotatable bonds is 6. The molecular weight excluding hydrogens is 234 g/mol. The third-order valence-corrected chi connectivity index (χ3v) is 3.32. The smallest absolute Gasteiger partial charge is 0.147 e. The summed E-state index contributed by atoms with van der Waals surface area (Å²) in [4.78, 5) is 13.9. The molecule has 0 amide bonds. The highest BCUT2D eigenvalue weighted by Gasteiger charge is 2.20. The Labute approximate surface area is 109 Å². The number of carbonyl (C=O) groups excluding carboxylic acids is 1. The van der Waals surface area contributed by atoms with E-state index in [0.29, 0.717) is 0 Å². The molecule has 0 N–H and O–H groups in total. The van der Waals surface area contributed by atoms with Crippen molar-refractivity contribution in [2.45, 2.75) is 33.2 Å². The van der Waals surface area contributed by atoms with Gasteiger partial charge < -0.3 is 0 Å². The van der Waals surface area contributed by atoms with Gasteiger partial charge in [0, 0.05) is 5.02 Å². The molecule has 0 aliphatic carbocycles. The third kappa shape index (κ3) is 4.14.